The highest BCUT2D eigenvalue weighted by Gasteiger charge is 2.18. The third kappa shape index (κ3) is 2.61. The molecule has 136 valence electrons. The maximum atomic E-state index is 14.1. The van der Waals surface area contributed by atoms with Crippen LogP contribution in [0.5, 0.6) is 0 Å². The SMILES string of the molecule is O=c1[nH]c(-c2c(F)cccc2F)nc2scc(-c3ccc4ccccc4c3)c12. The lowest BCUT2D eigenvalue weighted by molar-refractivity contribution is 0.587. The highest BCUT2D eigenvalue weighted by Crippen LogP contribution is 2.33. The molecular formula is C22H12F2N2OS. The van der Waals surface area contributed by atoms with Crippen LogP contribution in [0.15, 0.2) is 70.8 Å². The Morgan fingerprint density at radius 2 is 1.64 bits per heavy atom. The van der Waals surface area contributed by atoms with Crippen molar-refractivity contribution in [2.45, 2.75) is 0 Å². The number of H-pyrrole nitrogens is 1. The fourth-order valence-electron chi connectivity index (χ4n) is 3.36. The number of nitrogens with one attached hydrogen (secondary N) is 1. The molecule has 3 nitrogen and oxygen atoms in total. The third-order valence-electron chi connectivity index (χ3n) is 4.70. The van der Waals surface area contributed by atoms with E-state index in [4.69, 9.17) is 0 Å². The number of halogens is 2. The number of aromatic nitrogens is 2. The summed E-state index contributed by atoms with van der Waals surface area (Å²) < 4.78 is 28.2. The Labute approximate surface area is 161 Å². The molecule has 3 aromatic carbocycles. The van der Waals surface area contributed by atoms with Gasteiger partial charge < -0.3 is 4.98 Å². The molecule has 0 saturated carbocycles. The Morgan fingerprint density at radius 3 is 2.43 bits per heavy atom. The van der Waals surface area contributed by atoms with Gasteiger partial charge in [0.05, 0.1) is 10.9 Å². The standard InChI is InChI=1S/C22H12F2N2OS/c23-16-6-3-7-17(24)19(16)20-25-21(27)18-15(11-28-22(18)26-20)14-9-8-12-4-1-2-5-13(12)10-14/h1-11H,(H,25,26,27). The summed E-state index contributed by atoms with van der Waals surface area (Å²) in [5.41, 5.74) is 0.886. The fourth-order valence-corrected chi connectivity index (χ4v) is 4.31. The molecule has 1 N–H and O–H groups in total. The van der Waals surface area contributed by atoms with Crippen molar-refractivity contribution >= 4 is 32.3 Å². The smallest absolute Gasteiger partial charge is 0.260 e. The Kier molecular flexibility index (Phi) is 3.80. The number of hydrogen-bond donors (Lipinski definition) is 1. The fraction of sp³-hybridized carbons (Fsp3) is 0. The molecule has 0 bridgehead atoms. The lowest BCUT2D eigenvalue weighted by Crippen LogP contribution is -2.10. The molecule has 2 heterocycles. The molecule has 0 amide bonds. The monoisotopic (exact) mass is 390 g/mol. The van der Waals surface area contributed by atoms with Gasteiger partial charge in [0.25, 0.3) is 5.56 Å². The van der Waals surface area contributed by atoms with Gasteiger partial charge in [-0.2, -0.15) is 0 Å². The van der Waals surface area contributed by atoms with Gasteiger partial charge in [-0.05, 0) is 34.5 Å². The number of thiophene rings is 1. The van der Waals surface area contributed by atoms with Crippen molar-refractivity contribution in [1.82, 2.24) is 9.97 Å². The average Bonchev–Trinajstić information content (AvgIpc) is 3.12. The van der Waals surface area contributed by atoms with Crippen LogP contribution in [-0.2, 0) is 0 Å². The number of nitrogens with zero attached hydrogens (tertiary/aromatic N) is 1. The van der Waals surface area contributed by atoms with Gasteiger partial charge in [-0.1, -0.05) is 42.5 Å². The van der Waals surface area contributed by atoms with Gasteiger partial charge >= 0.3 is 0 Å². The van der Waals surface area contributed by atoms with Crippen molar-refractivity contribution in [3.63, 3.8) is 0 Å². The third-order valence-corrected chi connectivity index (χ3v) is 5.58. The van der Waals surface area contributed by atoms with E-state index < -0.39 is 17.2 Å². The number of rotatable bonds is 2. The van der Waals surface area contributed by atoms with Gasteiger partial charge in [-0.25, -0.2) is 13.8 Å². The van der Waals surface area contributed by atoms with Crippen molar-refractivity contribution in [2.24, 2.45) is 0 Å². The molecule has 28 heavy (non-hydrogen) atoms. The highest BCUT2D eigenvalue weighted by molar-refractivity contribution is 7.17. The zero-order valence-corrected chi connectivity index (χ0v) is 15.2. The Balaban J connectivity index is 1.72. The van der Waals surface area contributed by atoms with Crippen LogP contribution in [0.2, 0.25) is 0 Å². The summed E-state index contributed by atoms with van der Waals surface area (Å²) >= 11 is 1.27. The van der Waals surface area contributed by atoms with E-state index in [1.807, 2.05) is 47.8 Å². The first-order chi connectivity index (χ1) is 13.6. The van der Waals surface area contributed by atoms with E-state index in [1.165, 1.54) is 17.4 Å². The summed E-state index contributed by atoms with van der Waals surface area (Å²) in [6, 6.07) is 17.5. The lowest BCUT2D eigenvalue weighted by atomic mass is 10.0. The van der Waals surface area contributed by atoms with Crippen LogP contribution < -0.4 is 5.56 Å². The summed E-state index contributed by atoms with van der Waals surface area (Å²) in [5, 5.41) is 4.43. The molecule has 0 aliphatic rings. The molecule has 0 aliphatic carbocycles. The summed E-state index contributed by atoms with van der Waals surface area (Å²) in [6.45, 7) is 0. The average molecular weight is 390 g/mol. The van der Waals surface area contributed by atoms with Crippen LogP contribution in [-0.4, -0.2) is 9.97 Å². The van der Waals surface area contributed by atoms with E-state index in [0.29, 0.717) is 10.2 Å². The molecule has 5 aromatic rings. The number of fused-ring (bicyclic) bond motifs is 2. The van der Waals surface area contributed by atoms with Crippen LogP contribution in [0.3, 0.4) is 0 Å². The van der Waals surface area contributed by atoms with Crippen LogP contribution in [0.1, 0.15) is 0 Å². The second-order valence-electron chi connectivity index (χ2n) is 6.40. The summed E-state index contributed by atoms with van der Waals surface area (Å²) in [7, 11) is 0. The molecule has 0 saturated heterocycles. The maximum Gasteiger partial charge on any atom is 0.260 e. The summed E-state index contributed by atoms with van der Waals surface area (Å²) in [6.07, 6.45) is 0. The Morgan fingerprint density at radius 1 is 0.893 bits per heavy atom. The van der Waals surface area contributed by atoms with Crippen LogP contribution in [0.4, 0.5) is 8.78 Å². The topological polar surface area (TPSA) is 45.8 Å². The van der Waals surface area contributed by atoms with Gasteiger partial charge in [0.1, 0.15) is 22.3 Å². The molecular weight excluding hydrogens is 378 g/mol. The predicted molar refractivity (Wildman–Crippen MR) is 109 cm³/mol. The van der Waals surface area contributed by atoms with E-state index in [-0.39, 0.29) is 11.4 Å². The summed E-state index contributed by atoms with van der Waals surface area (Å²) in [4.78, 5) is 20.1. The largest absolute Gasteiger partial charge is 0.306 e. The Bertz CT molecular complexity index is 1400. The van der Waals surface area contributed by atoms with E-state index in [2.05, 4.69) is 9.97 Å². The van der Waals surface area contributed by atoms with Crippen molar-refractivity contribution in [3.8, 4) is 22.5 Å². The number of hydrogen-bond acceptors (Lipinski definition) is 3. The molecule has 0 fully saturated rings. The van der Waals surface area contributed by atoms with Gasteiger partial charge in [-0.15, -0.1) is 11.3 Å². The van der Waals surface area contributed by atoms with E-state index in [9.17, 15) is 13.6 Å². The zero-order valence-electron chi connectivity index (χ0n) is 14.4. The van der Waals surface area contributed by atoms with Crippen LogP contribution in [0, 0.1) is 11.6 Å². The zero-order chi connectivity index (χ0) is 19.3. The molecule has 2 aromatic heterocycles. The quantitative estimate of drug-likeness (QED) is 0.417. The lowest BCUT2D eigenvalue weighted by Gasteiger charge is -2.05. The number of benzene rings is 3. The van der Waals surface area contributed by atoms with Gasteiger partial charge in [0, 0.05) is 10.9 Å². The molecule has 0 aliphatic heterocycles. The minimum Gasteiger partial charge on any atom is -0.306 e. The Hall–Kier alpha value is -3.38. The van der Waals surface area contributed by atoms with Crippen LogP contribution >= 0.6 is 11.3 Å². The first kappa shape index (κ1) is 16.8. The van der Waals surface area contributed by atoms with Crippen LogP contribution in [0.25, 0.3) is 43.5 Å². The molecule has 0 unspecified atom stereocenters. The molecule has 6 heteroatoms. The highest BCUT2D eigenvalue weighted by atomic mass is 32.1. The van der Waals surface area contributed by atoms with Crippen molar-refractivity contribution in [2.75, 3.05) is 0 Å². The predicted octanol–water partition coefficient (Wildman–Crippen LogP) is 5.75. The first-order valence-electron chi connectivity index (χ1n) is 8.57. The molecule has 5 rings (SSSR count). The van der Waals surface area contributed by atoms with Crippen molar-refractivity contribution in [3.05, 3.63) is 88.0 Å². The number of aromatic amines is 1. The second kappa shape index (κ2) is 6.35. The van der Waals surface area contributed by atoms with E-state index in [1.54, 1.807) is 0 Å². The minimum atomic E-state index is -0.770. The molecule has 0 atom stereocenters. The minimum absolute atomic E-state index is 0.111. The van der Waals surface area contributed by atoms with Gasteiger partial charge in [-0.3, -0.25) is 4.79 Å². The normalized spacial score (nSPS) is 11.4. The molecule has 0 radical (unpaired) electrons. The van der Waals surface area contributed by atoms with Crippen molar-refractivity contribution < 1.29 is 8.78 Å². The second-order valence-corrected chi connectivity index (χ2v) is 7.26. The first-order valence-corrected chi connectivity index (χ1v) is 9.45. The van der Waals surface area contributed by atoms with Gasteiger partial charge in [0.15, 0.2) is 0 Å². The van der Waals surface area contributed by atoms with Gasteiger partial charge in [0.2, 0.25) is 0 Å². The summed E-state index contributed by atoms with van der Waals surface area (Å²) in [5.74, 6) is -1.65. The van der Waals surface area contributed by atoms with Crippen molar-refractivity contribution in [1.29, 1.82) is 0 Å². The molecule has 0 spiro atoms. The van der Waals surface area contributed by atoms with E-state index >= 15 is 0 Å². The maximum absolute atomic E-state index is 14.1. The van der Waals surface area contributed by atoms with E-state index in [0.717, 1.165) is 34.0 Å².